The van der Waals surface area contributed by atoms with Crippen molar-refractivity contribution in [3.05, 3.63) is 11.7 Å². The molecule has 2 rings (SSSR count). The van der Waals surface area contributed by atoms with Crippen LogP contribution in [0.1, 0.15) is 52.3 Å². The van der Waals surface area contributed by atoms with Crippen LogP contribution in [0.3, 0.4) is 0 Å². The number of aryl methyl sites for hydroxylation is 1. The van der Waals surface area contributed by atoms with Crippen LogP contribution in [0.4, 0.5) is 0 Å². The maximum Gasteiger partial charge on any atom is 0.226 e. The number of rotatable bonds is 4. The van der Waals surface area contributed by atoms with Crippen LogP contribution in [-0.2, 0) is 21.4 Å². The fourth-order valence-corrected chi connectivity index (χ4v) is 2.48. The highest BCUT2D eigenvalue weighted by molar-refractivity contribution is 5.77. The van der Waals surface area contributed by atoms with Crippen molar-refractivity contribution in [2.45, 2.75) is 52.4 Å². The van der Waals surface area contributed by atoms with E-state index in [4.69, 9.17) is 4.52 Å². The van der Waals surface area contributed by atoms with Crippen molar-refractivity contribution in [1.29, 1.82) is 0 Å². The molecule has 128 valence electrons. The first-order chi connectivity index (χ1) is 10.8. The minimum atomic E-state index is -0.131. The molecule has 0 saturated carbocycles. The van der Waals surface area contributed by atoms with Crippen LogP contribution in [0.25, 0.3) is 0 Å². The largest absolute Gasteiger partial charge is 0.339 e. The Bertz CT molecular complexity index is 554. The molecule has 1 aromatic heterocycles. The molecule has 23 heavy (non-hydrogen) atoms. The topological polar surface area (TPSA) is 79.5 Å². The monoisotopic (exact) mass is 322 g/mol. The molecule has 0 bridgehead atoms. The lowest BCUT2D eigenvalue weighted by atomic mass is 9.96. The van der Waals surface area contributed by atoms with Gasteiger partial charge in [-0.3, -0.25) is 9.59 Å². The zero-order chi connectivity index (χ0) is 17.0. The molecule has 0 spiro atoms. The van der Waals surface area contributed by atoms with Gasteiger partial charge in [-0.1, -0.05) is 25.9 Å². The summed E-state index contributed by atoms with van der Waals surface area (Å²) < 4.78 is 5.23. The first-order valence-electron chi connectivity index (χ1n) is 8.13. The van der Waals surface area contributed by atoms with Crippen LogP contribution >= 0.6 is 0 Å². The van der Waals surface area contributed by atoms with Crippen molar-refractivity contribution in [1.82, 2.24) is 19.9 Å². The summed E-state index contributed by atoms with van der Waals surface area (Å²) in [5.41, 5.74) is -0.131. The average Bonchev–Trinajstić information content (AvgIpc) is 2.96. The molecule has 7 nitrogen and oxygen atoms in total. The minimum Gasteiger partial charge on any atom is -0.339 e. The molecular weight excluding hydrogens is 296 g/mol. The Morgan fingerprint density at radius 2 is 1.74 bits per heavy atom. The molecule has 0 N–H and O–H groups in total. The van der Waals surface area contributed by atoms with E-state index in [1.54, 1.807) is 11.8 Å². The third-order valence-corrected chi connectivity index (χ3v) is 4.00. The van der Waals surface area contributed by atoms with Gasteiger partial charge in [0.25, 0.3) is 0 Å². The van der Waals surface area contributed by atoms with Crippen LogP contribution < -0.4 is 0 Å². The van der Waals surface area contributed by atoms with Gasteiger partial charge in [0.2, 0.25) is 17.7 Å². The van der Waals surface area contributed by atoms with Gasteiger partial charge in [-0.15, -0.1) is 0 Å². The number of carbonyl (C=O) groups is 2. The second kappa shape index (κ2) is 7.10. The zero-order valence-electron chi connectivity index (χ0n) is 14.5. The number of piperazine rings is 1. The fourth-order valence-electron chi connectivity index (χ4n) is 2.48. The standard InChI is InChI=1S/C16H26N4O3/c1-12(21)19-8-10-20(11-9-19)14(22)7-5-6-13-17-15(18-23-13)16(2,3)4/h5-11H2,1-4H3. The van der Waals surface area contributed by atoms with Gasteiger partial charge in [0.15, 0.2) is 5.82 Å². The van der Waals surface area contributed by atoms with Crippen molar-refractivity contribution >= 4 is 11.8 Å². The van der Waals surface area contributed by atoms with Crippen LogP contribution in [0.15, 0.2) is 4.52 Å². The first kappa shape index (κ1) is 17.4. The third-order valence-electron chi connectivity index (χ3n) is 4.00. The van der Waals surface area contributed by atoms with Gasteiger partial charge in [0, 0.05) is 51.4 Å². The Morgan fingerprint density at radius 1 is 1.13 bits per heavy atom. The molecule has 1 aliphatic heterocycles. The quantitative estimate of drug-likeness (QED) is 0.836. The molecule has 0 aliphatic carbocycles. The number of hydrogen-bond acceptors (Lipinski definition) is 5. The number of nitrogens with zero attached hydrogens (tertiary/aromatic N) is 4. The van der Waals surface area contributed by atoms with Gasteiger partial charge < -0.3 is 14.3 Å². The van der Waals surface area contributed by atoms with E-state index in [1.165, 1.54) is 0 Å². The number of aromatic nitrogens is 2. The number of amides is 2. The van der Waals surface area contributed by atoms with Crippen LogP contribution in [-0.4, -0.2) is 57.9 Å². The van der Waals surface area contributed by atoms with Gasteiger partial charge in [-0.05, 0) is 6.42 Å². The van der Waals surface area contributed by atoms with E-state index >= 15 is 0 Å². The van der Waals surface area contributed by atoms with E-state index in [0.717, 1.165) is 0 Å². The second-order valence-electron chi connectivity index (χ2n) is 7.00. The smallest absolute Gasteiger partial charge is 0.226 e. The molecule has 2 amide bonds. The third kappa shape index (κ3) is 4.77. The molecule has 1 saturated heterocycles. The van der Waals surface area contributed by atoms with Crippen molar-refractivity contribution in [2.24, 2.45) is 0 Å². The molecule has 1 aromatic rings. The van der Waals surface area contributed by atoms with Crippen molar-refractivity contribution < 1.29 is 14.1 Å². The summed E-state index contributed by atoms with van der Waals surface area (Å²) in [6, 6.07) is 0. The number of hydrogen-bond donors (Lipinski definition) is 0. The lowest BCUT2D eigenvalue weighted by Gasteiger charge is -2.34. The highest BCUT2D eigenvalue weighted by Gasteiger charge is 2.23. The maximum atomic E-state index is 12.2. The Kier molecular flexibility index (Phi) is 5.38. The predicted octanol–water partition coefficient (Wildman–Crippen LogP) is 1.38. The Morgan fingerprint density at radius 3 is 2.26 bits per heavy atom. The van der Waals surface area contributed by atoms with Crippen LogP contribution in [0.2, 0.25) is 0 Å². The van der Waals surface area contributed by atoms with E-state index in [2.05, 4.69) is 10.1 Å². The molecule has 0 radical (unpaired) electrons. The molecule has 0 atom stereocenters. The lowest BCUT2D eigenvalue weighted by Crippen LogP contribution is -2.50. The molecule has 1 fully saturated rings. The Labute approximate surface area is 137 Å². The average molecular weight is 322 g/mol. The van der Waals surface area contributed by atoms with E-state index < -0.39 is 0 Å². The highest BCUT2D eigenvalue weighted by atomic mass is 16.5. The first-order valence-corrected chi connectivity index (χ1v) is 8.13. The minimum absolute atomic E-state index is 0.0724. The van der Waals surface area contributed by atoms with Gasteiger partial charge in [0.05, 0.1) is 0 Å². The summed E-state index contributed by atoms with van der Waals surface area (Å²) in [7, 11) is 0. The van der Waals surface area contributed by atoms with Crippen LogP contribution in [0, 0.1) is 0 Å². The lowest BCUT2D eigenvalue weighted by molar-refractivity contribution is -0.138. The van der Waals surface area contributed by atoms with E-state index in [0.29, 0.717) is 57.2 Å². The summed E-state index contributed by atoms with van der Waals surface area (Å²) in [6.45, 7) is 10.1. The summed E-state index contributed by atoms with van der Waals surface area (Å²) >= 11 is 0. The van der Waals surface area contributed by atoms with Crippen molar-refractivity contribution in [3.8, 4) is 0 Å². The predicted molar refractivity (Wildman–Crippen MR) is 84.8 cm³/mol. The SMILES string of the molecule is CC(=O)N1CCN(C(=O)CCCc2nc(C(C)(C)C)no2)CC1. The zero-order valence-corrected chi connectivity index (χ0v) is 14.5. The Hall–Kier alpha value is -1.92. The molecule has 2 heterocycles. The molecular formula is C16H26N4O3. The number of carbonyl (C=O) groups excluding carboxylic acids is 2. The van der Waals surface area contributed by atoms with Crippen molar-refractivity contribution in [2.75, 3.05) is 26.2 Å². The molecule has 0 aromatic carbocycles. The molecule has 0 unspecified atom stereocenters. The molecule has 1 aliphatic rings. The van der Waals surface area contributed by atoms with Gasteiger partial charge in [0.1, 0.15) is 0 Å². The van der Waals surface area contributed by atoms with E-state index in [9.17, 15) is 9.59 Å². The summed E-state index contributed by atoms with van der Waals surface area (Å²) in [5.74, 6) is 1.48. The van der Waals surface area contributed by atoms with Gasteiger partial charge in [-0.2, -0.15) is 4.98 Å². The normalized spacial score (nSPS) is 15.8. The summed E-state index contributed by atoms with van der Waals surface area (Å²) in [6.07, 6.45) is 1.77. The maximum absolute atomic E-state index is 12.2. The van der Waals surface area contributed by atoms with Crippen LogP contribution in [0.5, 0.6) is 0 Å². The van der Waals surface area contributed by atoms with Gasteiger partial charge >= 0.3 is 0 Å². The second-order valence-corrected chi connectivity index (χ2v) is 7.00. The van der Waals surface area contributed by atoms with E-state index in [-0.39, 0.29) is 17.2 Å². The van der Waals surface area contributed by atoms with Crippen molar-refractivity contribution in [3.63, 3.8) is 0 Å². The fraction of sp³-hybridized carbons (Fsp3) is 0.750. The van der Waals surface area contributed by atoms with Gasteiger partial charge in [-0.25, -0.2) is 0 Å². The Balaban J connectivity index is 1.73. The van der Waals surface area contributed by atoms with E-state index in [1.807, 2.05) is 25.7 Å². The summed E-state index contributed by atoms with van der Waals surface area (Å²) in [4.78, 5) is 31.4. The molecule has 7 heteroatoms. The summed E-state index contributed by atoms with van der Waals surface area (Å²) in [5, 5.41) is 3.98. The highest BCUT2D eigenvalue weighted by Crippen LogP contribution is 2.19.